The Labute approximate surface area is 69.1 Å². The van der Waals surface area contributed by atoms with Crippen molar-refractivity contribution in [2.75, 3.05) is 0 Å². The van der Waals surface area contributed by atoms with E-state index in [9.17, 15) is 4.79 Å². The van der Waals surface area contributed by atoms with E-state index >= 15 is 0 Å². The summed E-state index contributed by atoms with van der Waals surface area (Å²) >= 11 is 0. The molecule has 1 aromatic heterocycles. The quantitative estimate of drug-likeness (QED) is 0.598. The molecule has 0 aliphatic rings. The highest BCUT2D eigenvalue weighted by Crippen LogP contribution is 1.99. The molecule has 5 heteroatoms. The monoisotopic (exact) mass is 167 g/mol. The molecule has 5 nitrogen and oxygen atoms in total. The van der Waals surface area contributed by atoms with Crippen molar-refractivity contribution in [1.29, 1.82) is 0 Å². The fourth-order valence-electron chi connectivity index (χ4n) is 0.717. The van der Waals surface area contributed by atoms with E-state index in [1.165, 1.54) is 6.08 Å². The number of rotatable bonds is 2. The summed E-state index contributed by atoms with van der Waals surface area (Å²) in [5.41, 5.74) is 4.97. The van der Waals surface area contributed by atoms with E-state index in [4.69, 9.17) is 10.8 Å². The lowest BCUT2D eigenvalue weighted by atomic mass is 10.4. The van der Waals surface area contributed by atoms with Crippen LogP contribution in [-0.2, 0) is 11.8 Å². The van der Waals surface area contributed by atoms with Gasteiger partial charge in [-0.2, -0.15) is 0 Å². The molecule has 0 aliphatic heterocycles. The average molecular weight is 167 g/mol. The standard InChI is InChI=1S/C7H9N3O2/c1-10-3-2-9-6(10)4-5(8)7(11)12/h2-4H,8H2,1H3,(H,11,12)/b5-4+. The Hall–Kier alpha value is -1.78. The summed E-state index contributed by atoms with van der Waals surface area (Å²) < 4.78 is 1.68. The van der Waals surface area contributed by atoms with Crippen molar-refractivity contribution in [2.24, 2.45) is 12.8 Å². The summed E-state index contributed by atoms with van der Waals surface area (Å²) in [7, 11) is 1.76. The van der Waals surface area contributed by atoms with E-state index in [2.05, 4.69) is 4.98 Å². The number of aromatic nitrogens is 2. The Morgan fingerprint density at radius 2 is 2.50 bits per heavy atom. The predicted molar refractivity (Wildman–Crippen MR) is 43.0 cm³/mol. The van der Waals surface area contributed by atoms with Crippen LogP contribution >= 0.6 is 0 Å². The number of carboxylic acid groups (broad SMARTS) is 1. The van der Waals surface area contributed by atoms with Crippen molar-refractivity contribution < 1.29 is 9.90 Å². The largest absolute Gasteiger partial charge is 0.477 e. The first-order chi connectivity index (χ1) is 5.61. The summed E-state index contributed by atoms with van der Waals surface area (Å²) in [6.45, 7) is 0. The molecule has 0 saturated heterocycles. The molecule has 0 spiro atoms. The van der Waals surface area contributed by atoms with Gasteiger partial charge in [-0.25, -0.2) is 9.78 Å². The smallest absolute Gasteiger partial charge is 0.351 e. The van der Waals surface area contributed by atoms with Crippen LogP contribution in [0.1, 0.15) is 5.82 Å². The first-order valence-corrected chi connectivity index (χ1v) is 3.29. The summed E-state index contributed by atoms with van der Waals surface area (Å²) in [4.78, 5) is 14.2. The maximum Gasteiger partial charge on any atom is 0.351 e. The zero-order valence-corrected chi connectivity index (χ0v) is 6.56. The predicted octanol–water partition coefficient (Wildman–Crippen LogP) is -0.196. The van der Waals surface area contributed by atoms with Gasteiger partial charge < -0.3 is 15.4 Å². The molecule has 1 rings (SSSR count). The van der Waals surface area contributed by atoms with Crippen LogP contribution in [0.2, 0.25) is 0 Å². The summed E-state index contributed by atoms with van der Waals surface area (Å²) in [5.74, 6) is -0.618. The first-order valence-electron chi connectivity index (χ1n) is 3.29. The lowest BCUT2D eigenvalue weighted by Gasteiger charge is -1.95. The minimum Gasteiger partial charge on any atom is -0.477 e. The number of hydrogen-bond acceptors (Lipinski definition) is 3. The molecule has 0 atom stereocenters. The molecule has 0 radical (unpaired) electrons. The Balaban J connectivity index is 2.95. The first kappa shape index (κ1) is 8.32. The van der Waals surface area contributed by atoms with Gasteiger partial charge in [0.25, 0.3) is 0 Å². The van der Waals surface area contributed by atoms with E-state index in [1.54, 1.807) is 24.0 Å². The van der Waals surface area contributed by atoms with Crippen molar-refractivity contribution in [2.45, 2.75) is 0 Å². The molecule has 0 saturated carbocycles. The lowest BCUT2D eigenvalue weighted by molar-refractivity contribution is -0.132. The van der Waals surface area contributed by atoms with Crippen LogP contribution in [0, 0.1) is 0 Å². The number of nitrogens with two attached hydrogens (primary N) is 1. The van der Waals surface area contributed by atoms with Crippen LogP contribution in [0.15, 0.2) is 18.1 Å². The number of imidazole rings is 1. The van der Waals surface area contributed by atoms with Gasteiger partial charge in [0.1, 0.15) is 11.5 Å². The molecule has 0 fully saturated rings. The van der Waals surface area contributed by atoms with E-state index < -0.39 is 5.97 Å². The third-order valence-corrected chi connectivity index (χ3v) is 1.39. The number of nitrogens with zero attached hydrogens (tertiary/aromatic N) is 2. The minimum atomic E-state index is -1.14. The summed E-state index contributed by atoms with van der Waals surface area (Å²) in [6, 6.07) is 0. The van der Waals surface area contributed by atoms with Crippen LogP contribution in [0.3, 0.4) is 0 Å². The fraction of sp³-hybridized carbons (Fsp3) is 0.143. The second-order valence-corrected chi connectivity index (χ2v) is 2.30. The molecular weight excluding hydrogens is 158 g/mol. The Kier molecular flexibility index (Phi) is 2.14. The highest BCUT2D eigenvalue weighted by molar-refractivity contribution is 5.90. The number of aryl methyl sites for hydroxylation is 1. The van der Waals surface area contributed by atoms with Crippen molar-refractivity contribution in [3.8, 4) is 0 Å². The third kappa shape index (κ3) is 1.63. The molecule has 0 aliphatic carbocycles. The Morgan fingerprint density at radius 3 is 2.92 bits per heavy atom. The second-order valence-electron chi connectivity index (χ2n) is 2.30. The molecule has 64 valence electrons. The average Bonchev–Trinajstić information content (AvgIpc) is 2.36. The highest BCUT2D eigenvalue weighted by atomic mass is 16.4. The van der Waals surface area contributed by atoms with Crippen LogP contribution in [0.4, 0.5) is 0 Å². The van der Waals surface area contributed by atoms with Gasteiger partial charge in [0.15, 0.2) is 0 Å². The van der Waals surface area contributed by atoms with Crippen LogP contribution in [0.5, 0.6) is 0 Å². The molecule has 12 heavy (non-hydrogen) atoms. The fourth-order valence-corrected chi connectivity index (χ4v) is 0.717. The zero-order chi connectivity index (χ0) is 9.14. The van der Waals surface area contributed by atoms with Crippen molar-refractivity contribution in [3.05, 3.63) is 23.9 Å². The zero-order valence-electron chi connectivity index (χ0n) is 6.56. The normalized spacial score (nSPS) is 11.6. The molecule has 0 unspecified atom stereocenters. The molecule has 1 aromatic rings. The van der Waals surface area contributed by atoms with Gasteiger partial charge in [-0.1, -0.05) is 0 Å². The molecule has 1 heterocycles. The number of hydrogen-bond donors (Lipinski definition) is 2. The Bertz CT molecular complexity index is 327. The molecule has 0 bridgehead atoms. The van der Waals surface area contributed by atoms with Gasteiger partial charge >= 0.3 is 5.97 Å². The number of carboxylic acids is 1. The molecule has 3 N–H and O–H groups in total. The summed E-state index contributed by atoms with van der Waals surface area (Å²) in [6.07, 6.45) is 4.59. The number of aliphatic carboxylic acids is 1. The van der Waals surface area contributed by atoms with Crippen molar-refractivity contribution >= 4 is 12.0 Å². The van der Waals surface area contributed by atoms with E-state index in [0.29, 0.717) is 5.82 Å². The lowest BCUT2D eigenvalue weighted by Crippen LogP contribution is -2.10. The van der Waals surface area contributed by atoms with Gasteiger partial charge in [0, 0.05) is 25.5 Å². The highest BCUT2D eigenvalue weighted by Gasteiger charge is 2.02. The van der Waals surface area contributed by atoms with Crippen molar-refractivity contribution in [3.63, 3.8) is 0 Å². The van der Waals surface area contributed by atoms with Gasteiger partial charge in [-0.15, -0.1) is 0 Å². The van der Waals surface area contributed by atoms with E-state index in [-0.39, 0.29) is 5.70 Å². The van der Waals surface area contributed by atoms with E-state index in [0.717, 1.165) is 0 Å². The minimum absolute atomic E-state index is 0.218. The van der Waals surface area contributed by atoms with Crippen LogP contribution < -0.4 is 5.73 Å². The van der Waals surface area contributed by atoms with Gasteiger partial charge in [-0.05, 0) is 0 Å². The third-order valence-electron chi connectivity index (χ3n) is 1.39. The Morgan fingerprint density at radius 1 is 1.83 bits per heavy atom. The maximum atomic E-state index is 10.3. The second kappa shape index (κ2) is 3.08. The summed E-state index contributed by atoms with van der Waals surface area (Å²) in [5, 5.41) is 8.44. The van der Waals surface area contributed by atoms with Gasteiger partial charge in [0.05, 0.1) is 0 Å². The van der Waals surface area contributed by atoms with Gasteiger partial charge in [0.2, 0.25) is 0 Å². The van der Waals surface area contributed by atoms with Crippen LogP contribution in [-0.4, -0.2) is 20.6 Å². The maximum absolute atomic E-state index is 10.3. The SMILES string of the molecule is Cn1ccnc1/C=C(/N)C(=O)O. The van der Waals surface area contributed by atoms with Crippen molar-refractivity contribution in [1.82, 2.24) is 9.55 Å². The molecule has 0 aromatic carbocycles. The van der Waals surface area contributed by atoms with E-state index in [1.807, 2.05) is 0 Å². The molecule has 0 amide bonds. The number of carbonyl (C=O) groups is 1. The van der Waals surface area contributed by atoms with Gasteiger partial charge in [-0.3, -0.25) is 0 Å². The van der Waals surface area contributed by atoms with Crippen LogP contribution in [0.25, 0.3) is 6.08 Å². The molecular formula is C7H9N3O2. The topological polar surface area (TPSA) is 81.1 Å².